The molecule has 1 unspecified atom stereocenters. The van der Waals surface area contributed by atoms with Crippen LogP contribution in [0.15, 0.2) is 30.3 Å². The Morgan fingerprint density at radius 2 is 1.94 bits per heavy atom. The van der Waals surface area contributed by atoms with Crippen LogP contribution in [0, 0.1) is 5.92 Å². The van der Waals surface area contributed by atoms with Crippen LogP contribution in [-0.4, -0.2) is 23.5 Å². The second-order valence-electron chi connectivity index (χ2n) is 3.81. The van der Waals surface area contributed by atoms with E-state index < -0.39 is 11.9 Å². The molecule has 4 heteroatoms. The zero-order valence-corrected chi connectivity index (χ0v) is 9.76. The molecular formula is C13H16O4. The van der Waals surface area contributed by atoms with Gasteiger partial charge in [0, 0.05) is 0 Å². The van der Waals surface area contributed by atoms with Crippen molar-refractivity contribution in [1.82, 2.24) is 0 Å². The van der Waals surface area contributed by atoms with Gasteiger partial charge in [-0.1, -0.05) is 18.2 Å². The summed E-state index contributed by atoms with van der Waals surface area (Å²) < 4.78 is 5.41. The van der Waals surface area contributed by atoms with E-state index in [0.717, 1.165) is 5.75 Å². The van der Waals surface area contributed by atoms with Crippen molar-refractivity contribution >= 4 is 11.8 Å². The van der Waals surface area contributed by atoms with Crippen molar-refractivity contribution in [3.8, 4) is 5.75 Å². The number of carboxylic acid groups (broad SMARTS) is 1. The van der Waals surface area contributed by atoms with Crippen molar-refractivity contribution in [2.75, 3.05) is 6.61 Å². The van der Waals surface area contributed by atoms with E-state index in [1.165, 1.54) is 6.92 Å². The number of carbonyl (C=O) groups is 2. The molecule has 1 atom stereocenters. The summed E-state index contributed by atoms with van der Waals surface area (Å²) in [5.74, 6) is -1.52. The molecule has 17 heavy (non-hydrogen) atoms. The fraction of sp³-hybridized carbons (Fsp3) is 0.385. The van der Waals surface area contributed by atoms with Crippen LogP contribution in [-0.2, 0) is 9.59 Å². The van der Waals surface area contributed by atoms with Gasteiger partial charge in [-0.25, -0.2) is 0 Å². The van der Waals surface area contributed by atoms with Gasteiger partial charge in [0.15, 0.2) is 0 Å². The van der Waals surface area contributed by atoms with Crippen LogP contribution < -0.4 is 4.74 Å². The number of hydrogen-bond donors (Lipinski definition) is 1. The number of rotatable bonds is 7. The molecule has 4 nitrogen and oxygen atoms in total. The monoisotopic (exact) mass is 236 g/mol. The third-order valence-corrected chi connectivity index (χ3v) is 2.44. The van der Waals surface area contributed by atoms with Gasteiger partial charge < -0.3 is 9.84 Å². The first-order valence-corrected chi connectivity index (χ1v) is 5.52. The summed E-state index contributed by atoms with van der Waals surface area (Å²) in [5, 5.41) is 8.80. The molecule has 0 saturated heterocycles. The number of ketones is 1. The second-order valence-corrected chi connectivity index (χ2v) is 3.81. The van der Waals surface area contributed by atoms with Gasteiger partial charge in [-0.3, -0.25) is 9.59 Å². The summed E-state index contributed by atoms with van der Waals surface area (Å²) >= 11 is 0. The van der Waals surface area contributed by atoms with Gasteiger partial charge in [0.1, 0.15) is 17.5 Å². The minimum absolute atomic E-state index is 0.308. The van der Waals surface area contributed by atoms with Crippen LogP contribution in [0.25, 0.3) is 0 Å². The lowest BCUT2D eigenvalue weighted by Gasteiger charge is -2.09. The van der Waals surface area contributed by atoms with Crippen molar-refractivity contribution in [1.29, 1.82) is 0 Å². The third kappa shape index (κ3) is 4.68. The van der Waals surface area contributed by atoms with E-state index in [1.54, 1.807) is 0 Å². The average molecular weight is 236 g/mol. The zero-order chi connectivity index (χ0) is 12.7. The first-order chi connectivity index (χ1) is 8.11. The molecule has 0 aliphatic rings. The third-order valence-electron chi connectivity index (χ3n) is 2.44. The topological polar surface area (TPSA) is 63.6 Å². The average Bonchev–Trinajstić information content (AvgIpc) is 2.29. The fourth-order valence-corrected chi connectivity index (χ4v) is 1.49. The molecule has 0 heterocycles. The zero-order valence-electron chi connectivity index (χ0n) is 9.76. The highest BCUT2D eigenvalue weighted by atomic mass is 16.5. The van der Waals surface area contributed by atoms with Gasteiger partial charge in [0.05, 0.1) is 6.61 Å². The Balaban J connectivity index is 2.28. The second kappa shape index (κ2) is 6.68. The van der Waals surface area contributed by atoms with Crippen LogP contribution in [0.1, 0.15) is 19.8 Å². The van der Waals surface area contributed by atoms with Gasteiger partial charge in [-0.2, -0.15) is 0 Å². The Morgan fingerprint density at radius 1 is 1.29 bits per heavy atom. The summed E-state index contributed by atoms with van der Waals surface area (Å²) in [6.07, 6.45) is 0.864. The lowest BCUT2D eigenvalue weighted by Crippen LogP contribution is -2.22. The van der Waals surface area contributed by atoms with E-state index in [0.29, 0.717) is 19.4 Å². The van der Waals surface area contributed by atoms with E-state index >= 15 is 0 Å². The molecule has 0 spiro atoms. The maximum Gasteiger partial charge on any atom is 0.314 e. The summed E-state index contributed by atoms with van der Waals surface area (Å²) in [6.45, 7) is 1.72. The molecule has 0 saturated carbocycles. The molecule has 0 aliphatic carbocycles. The molecule has 1 N–H and O–H groups in total. The standard InChI is InChI=1S/C13H16O4/c1-10(14)12(13(15)16)8-5-9-17-11-6-3-2-4-7-11/h2-4,6-7,12H,5,8-9H2,1H3,(H,15,16). The highest BCUT2D eigenvalue weighted by Crippen LogP contribution is 2.12. The van der Waals surface area contributed by atoms with Crippen molar-refractivity contribution in [3.63, 3.8) is 0 Å². The van der Waals surface area contributed by atoms with Crippen LogP contribution in [0.4, 0.5) is 0 Å². The first-order valence-electron chi connectivity index (χ1n) is 5.52. The highest BCUT2D eigenvalue weighted by molar-refractivity contribution is 5.96. The van der Waals surface area contributed by atoms with Gasteiger partial charge in [-0.15, -0.1) is 0 Å². The maximum absolute atomic E-state index is 11.0. The largest absolute Gasteiger partial charge is 0.494 e. The van der Waals surface area contributed by atoms with E-state index in [9.17, 15) is 9.59 Å². The molecule has 1 aromatic carbocycles. The van der Waals surface area contributed by atoms with Crippen LogP contribution in [0.5, 0.6) is 5.75 Å². The number of aliphatic carboxylic acids is 1. The Labute approximate surface area is 100 Å². The minimum atomic E-state index is -1.06. The predicted molar refractivity (Wildman–Crippen MR) is 63.0 cm³/mol. The van der Waals surface area contributed by atoms with Gasteiger partial charge >= 0.3 is 5.97 Å². The molecule has 92 valence electrons. The lowest BCUT2D eigenvalue weighted by molar-refractivity contribution is -0.146. The predicted octanol–water partition coefficient (Wildman–Crippen LogP) is 2.14. The van der Waals surface area contributed by atoms with Crippen molar-refractivity contribution in [2.45, 2.75) is 19.8 Å². The molecule has 0 aromatic heterocycles. The molecule has 0 radical (unpaired) electrons. The molecule has 0 fully saturated rings. The first kappa shape index (κ1) is 13.2. The fourth-order valence-electron chi connectivity index (χ4n) is 1.49. The molecule has 0 aliphatic heterocycles. The molecule has 1 aromatic rings. The Bertz CT molecular complexity index is 358. The Hall–Kier alpha value is -1.84. The SMILES string of the molecule is CC(=O)C(CCCOc1ccccc1)C(=O)O. The van der Waals surface area contributed by atoms with Crippen molar-refractivity contribution < 1.29 is 19.4 Å². The summed E-state index contributed by atoms with van der Waals surface area (Å²) in [7, 11) is 0. The molecule has 0 amide bonds. The normalized spacial score (nSPS) is 11.8. The van der Waals surface area contributed by atoms with E-state index in [-0.39, 0.29) is 5.78 Å². The number of para-hydroxylation sites is 1. The van der Waals surface area contributed by atoms with Crippen LogP contribution in [0.2, 0.25) is 0 Å². The van der Waals surface area contributed by atoms with Crippen LogP contribution >= 0.6 is 0 Å². The van der Waals surface area contributed by atoms with Gasteiger partial charge in [0.2, 0.25) is 0 Å². The lowest BCUT2D eigenvalue weighted by atomic mass is 10.00. The molecular weight excluding hydrogens is 220 g/mol. The number of carboxylic acids is 1. The van der Waals surface area contributed by atoms with Gasteiger partial charge in [-0.05, 0) is 31.9 Å². The number of hydrogen-bond acceptors (Lipinski definition) is 3. The number of benzene rings is 1. The maximum atomic E-state index is 11.0. The minimum Gasteiger partial charge on any atom is -0.494 e. The summed E-state index contributed by atoms with van der Waals surface area (Å²) in [5.41, 5.74) is 0. The Morgan fingerprint density at radius 3 is 2.47 bits per heavy atom. The van der Waals surface area contributed by atoms with Crippen LogP contribution in [0.3, 0.4) is 0 Å². The van der Waals surface area contributed by atoms with E-state index in [2.05, 4.69) is 0 Å². The van der Waals surface area contributed by atoms with E-state index in [1.807, 2.05) is 30.3 Å². The highest BCUT2D eigenvalue weighted by Gasteiger charge is 2.21. The summed E-state index contributed by atoms with van der Waals surface area (Å²) in [6, 6.07) is 9.29. The van der Waals surface area contributed by atoms with Crippen molar-refractivity contribution in [3.05, 3.63) is 30.3 Å². The molecule has 1 rings (SSSR count). The Kier molecular flexibility index (Phi) is 5.20. The number of ether oxygens (including phenoxy) is 1. The number of carbonyl (C=O) groups excluding carboxylic acids is 1. The number of Topliss-reactive ketones (excluding diaryl/α,β-unsaturated/α-hetero) is 1. The van der Waals surface area contributed by atoms with Crippen molar-refractivity contribution in [2.24, 2.45) is 5.92 Å². The quantitative estimate of drug-likeness (QED) is 0.582. The summed E-state index contributed by atoms with van der Waals surface area (Å²) in [4.78, 5) is 21.8. The molecule has 0 bridgehead atoms. The van der Waals surface area contributed by atoms with E-state index in [4.69, 9.17) is 9.84 Å². The smallest absolute Gasteiger partial charge is 0.314 e. The van der Waals surface area contributed by atoms with Gasteiger partial charge in [0.25, 0.3) is 0 Å².